The lowest BCUT2D eigenvalue weighted by molar-refractivity contribution is -0.124. The van der Waals surface area contributed by atoms with Crippen molar-refractivity contribution in [1.29, 1.82) is 5.26 Å². The van der Waals surface area contributed by atoms with Gasteiger partial charge in [-0.2, -0.15) is 5.26 Å². The zero-order valence-corrected chi connectivity index (χ0v) is 12.8. The average molecular weight is 319 g/mol. The Kier molecular flexibility index (Phi) is 3.36. The molecule has 0 amide bonds. The summed E-state index contributed by atoms with van der Waals surface area (Å²) < 4.78 is 0.757. The standard InChI is InChI=1S/C15H15BrN2O/c1-14(2)9-15(3,7-10(8-17)13(14)19)11-5-4-6-12(16)18-11/h4-7H,9H2,1-3H3. The van der Waals surface area contributed by atoms with Crippen LogP contribution >= 0.6 is 15.9 Å². The third kappa shape index (κ3) is 2.48. The van der Waals surface area contributed by atoms with Gasteiger partial charge in [0.05, 0.1) is 11.3 Å². The Morgan fingerprint density at radius 2 is 2.05 bits per heavy atom. The van der Waals surface area contributed by atoms with Gasteiger partial charge >= 0.3 is 0 Å². The number of Topliss-reactive ketones (excluding diaryl/α,β-unsaturated/α-hetero) is 1. The molecular weight excluding hydrogens is 304 g/mol. The van der Waals surface area contributed by atoms with Crippen LogP contribution in [-0.4, -0.2) is 10.8 Å². The van der Waals surface area contributed by atoms with Crippen LogP contribution in [-0.2, 0) is 10.2 Å². The quantitative estimate of drug-likeness (QED) is 0.744. The van der Waals surface area contributed by atoms with Gasteiger partial charge in [-0.3, -0.25) is 4.79 Å². The van der Waals surface area contributed by atoms with Crippen molar-refractivity contribution in [3.8, 4) is 6.07 Å². The van der Waals surface area contributed by atoms with Crippen LogP contribution in [0.15, 0.2) is 34.5 Å². The van der Waals surface area contributed by atoms with E-state index < -0.39 is 10.8 Å². The summed E-state index contributed by atoms with van der Waals surface area (Å²) in [6.45, 7) is 5.79. The van der Waals surface area contributed by atoms with Gasteiger partial charge in [0.1, 0.15) is 10.7 Å². The van der Waals surface area contributed by atoms with Gasteiger partial charge in [0.2, 0.25) is 0 Å². The molecule has 1 heterocycles. The first-order valence-corrected chi connectivity index (χ1v) is 6.89. The fraction of sp³-hybridized carbons (Fsp3) is 0.400. The van der Waals surface area contributed by atoms with Crippen molar-refractivity contribution in [2.75, 3.05) is 0 Å². The Morgan fingerprint density at radius 3 is 2.63 bits per heavy atom. The van der Waals surface area contributed by atoms with Crippen LogP contribution in [0.25, 0.3) is 0 Å². The van der Waals surface area contributed by atoms with Gasteiger partial charge < -0.3 is 0 Å². The molecule has 1 aromatic rings. The highest BCUT2D eigenvalue weighted by Gasteiger charge is 2.44. The van der Waals surface area contributed by atoms with E-state index in [4.69, 9.17) is 5.26 Å². The van der Waals surface area contributed by atoms with Gasteiger partial charge in [0.15, 0.2) is 5.78 Å². The molecule has 0 aliphatic heterocycles. The summed E-state index contributed by atoms with van der Waals surface area (Å²) in [5, 5.41) is 9.16. The first-order valence-electron chi connectivity index (χ1n) is 6.09. The van der Waals surface area contributed by atoms with Crippen LogP contribution in [0, 0.1) is 16.7 Å². The van der Waals surface area contributed by atoms with Crippen LogP contribution < -0.4 is 0 Å². The predicted octanol–water partition coefficient (Wildman–Crippen LogP) is 3.55. The Morgan fingerprint density at radius 1 is 1.37 bits per heavy atom. The van der Waals surface area contributed by atoms with Crippen molar-refractivity contribution in [2.45, 2.75) is 32.6 Å². The largest absolute Gasteiger partial charge is 0.293 e. The second-order valence-corrected chi connectivity index (χ2v) is 6.64. The minimum absolute atomic E-state index is 0.0810. The molecule has 0 bridgehead atoms. The van der Waals surface area contributed by atoms with Crippen molar-refractivity contribution < 1.29 is 4.79 Å². The fourth-order valence-electron chi connectivity index (χ4n) is 2.77. The molecule has 0 spiro atoms. The van der Waals surface area contributed by atoms with E-state index in [-0.39, 0.29) is 11.4 Å². The Hall–Kier alpha value is -1.47. The Bertz CT molecular complexity index is 613. The van der Waals surface area contributed by atoms with Crippen molar-refractivity contribution in [3.63, 3.8) is 0 Å². The molecule has 1 aliphatic carbocycles. The number of aromatic nitrogens is 1. The van der Waals surface area contributed by atoms with E-state index in [9.17, 15) is 4.79 Å². The maximum Gasteiger partial charge on any atom is 0.178 e. The lowest BCUT2D eigenvalue weighted by Crippen LogP contribution is -2.39. The van der Waals surface area contributed by atoms with Gasteiger partial charge in [-0.1, -0.05) is 32.9 Å². The van der Waals surface area contributed by atoms with E-state index >= 15 is 0 Å². The number of carbonyl (C=O) groups is 1. The Labute approximate surface area is 121 Å². The van der Waals surface area contributed by atoms with Crippen LogP contribution in [0.4, 0.5) is 0 Å². The molecular formula is C15H15BrN2O. The summed E-state index contributed by atoms with van der Waals surface area (Å²) in [5.74, 6) is -0.0810. The van der Waals surface area contributed by atoms with Crippen molar-refractivity contribution in [3.05, 3.63) is 40.1 Å². The molecule has 3 nitrogen and oxygen atoms in total. The minimum Gasteiger partial charge on any atom is -0.293 e. The maximum absolute atomic E-state index is 12.1. The topological polar surface area (TPSA) is 53.8 Å². The number of nitriles is 1. The molecule has 0 aromatic carbocycles. The van der Waals surface area contributed by atoms with Crippen molar-refractivity contribution in [1.82, 2.24) is 4.98 Å². The van der Waals surface area contributed by atoms with Crippen molar-refractivity contribution >= 4 is 21.7 Å². The summed E-state index contributed by atoms with van der Waals surface area (Å²) in [6, 6.07) is 7.73. The number of pyridine rings is 1. The number of carbonyl (C=O) groups excluding carboxylic acids is 1. The van der Waals surface area contributed by atoms with Crippen LogP contribution in [0.3, 0.4) is 0 Å². The van der Waals surface area contributed by atoms with E-state index in [2.05, 4.69) is 20.9 Å². The SMILES string of the molecule is CC1(C)CC(C)(c2cccc(Br)n2)C=C(C#N)C1=O. The minimum atomic E-state index is -0.543. The summed E-state index contributed by atoms with van der Waals surface area (Å²) in [7, 11) is 0. The maximum atomic E-state index is 12.1. The normalized spacial score (nSPS) is 25.6. The summed E-state index contributed by atoms with van der Waals surface area (Å²) >= 11 is 3.36. The number of hydrogen-bond donors (Lipinski definition) is 0. The van der Waals surface area contributed by atoms with Crippen LogP contribution in [0.2, 0.25) is 0 Å². The molecule has 4 heteroatoms. The Balaban J connectivity index is 2.58. The smallest absolute Gasteiger partial charge is 0.178 e. The van der Waals surface area contributed by atoms with E-state index in [0.29, 0.717) is 6.42 Å². The first-order chi connectivity index (χ1) is 8.78. The van der Waals surface area contributed by atoms with E-state index in [1.807, 2.05) is 45.0 Å². The lowest BCUT2D eigenvalue weighted by Gasteiger charge is -2.38. The number of hydrogen-bond acceptors (Lipinski definition) is 3. The molecule has 0 saturated carbocycles. The predicted molar refractivity (Wildman–Crippen MR) is 76.4 cm³/mol. The van der Waals surface area contributed by atoms with E-state index in [1.165, 1.54) is 0 Å². The summed E-state index contributed by atoms with van der Waals surface area (Å²) in [5.41, 5.74) is 0.167. The van der Waals surface area contributed by atoms with Gasteiger partial charge in [-0.15, -0.1) is 0 Å². The van der Waals surface area contributed by atoms with Crippen LogP contribution in [0.1, 0.15) is 32.9 Å². The summed E-state index contributed by atoms with van der Waals surface area (Å²) in [4.78, 5) is 16.6. The highest BCUT2D eigenvalue weighted by atomic mass is 79.9. The van der Waals surface area contributed by atoms with Gasteiger partial charge in [0, 0.05) is 10.8 Å². The molecule has 19 heavy (non-hydrogen) atoms. The number of rotatable bonds is 1. The molecule has 1 aliphatic rings. The lowest BCUT2D eigenvalue weighted by atomic mass is 9.64. The molecule has 0 N–H and O–H groups in total. The number of halogens is 1. The molecule has 1 aromatic heterocycles. The molecule has 2 rings (SSSR count). The fourth-order valence-corrected chi connectivity index (χ4v) is 3.12. The number of nitrogens with zero attached hydrogens (tertiary/aromatic N) is 2. The zero-order valence-electron chi connectivity index (χ0n) is 11.2. The highest BCUT2D eigenvalue weighted by molar-refractivity contribution is 9.10. The third-order valence-electron chi connectivity index (χ3n) is 3.55. The first kappa shape index (κ1) is 14.0. The summed E-state index contributed by atoms with van der Waals surface area (Å²) in [6.07, 6.45) is 2.41. The number of allylic oxidation sites excluding steroid dienone is 2. The third-order valence-corrected chi connectivity index (χ3v) is 3.99. The molecule has 0 radical (unpaired) electrons. The van der Waals surface area contributed by atoms with E-state index in [0.717, 1.165) is 10.3 Å². The molecule has 0 fully saturated rings. The monoisotopic (exact) mass is 318 g/mol. The van der Waals surface area contributed by atoms with Gasteiger partial charge in [-0.05, 0) is 34.5 Å². The second kappa shape index (κ2) is 4.57. The average Bonchev–Trinajstić information content (AvgIpc) is 2.33. The van der Waals surface area contributed by atoms with Gasteiger partial charge in [0.25, 0.3) is 0 Å². The van der Waals surface area contributed by atoms with Gasteiger partial charge in [-0.25, -0.2) is 4.98 Å². The zero-order chi connectivity index (χ0) is 14.3. The number of ketones is 1. The highest BCUT2D eigenvalue weighted by Crippen LogP contribution is 2.43. The molecule has 98 valence electrons. The van der Waals surface area contributed by atoms with E-state index in [1.54, 1.807) is 6.08 Å². The molecule has 1 unspecified atom stereocenters. The van der Waals surface area contributed by atoms with Crippen molar-refractivity contribution in [2.24, 2.45) is 5.41 Å². The molecule has 1 atom stereocenters. The van der Waals surface area contributed by atoms with Crippen LogP contribution in [0.5, 0.6) is 0 Å². The molecule has 0 saturated heterocycles. The second-order valence-electron chi connectivity index (χ2n) is 5.82.